The molecule has 0 saturated heterocycles. The molecule has 116 valence electrons. The van der Waals surface area contributed by atoms with Gasteiger partial charge in [-0.25, -0.2) is 4.79 Å². The van der Waals surface area contributed by atoms with Crippen LogP contribution in [0.25, 0.3) is 11.1 Å². The van der Waals surface area contributed by atoms with Crippen LogP contribution in [0.1, 0.15) is 27.7 Å². The Morgan fingerprint density at radius 2 is 1.32 bits per heavy atom. The van der Waals surface area contributed by atoms with Crippen LogP contribution < -0.4 is 4.74 Å². The molecule has 0 aromatic heterocycles. The summed E-state index contributed by atoms with van der Waals surface area (Å²) in [7, 11) is 0. The van der Waals surface area contributed by atoms with Crippen molar-refractivity contribution in [1.29, 1.82) is 0 Å². The number of ether oxygens (including phenoxy) is 1. The predicted octanol–water partition coefficient (Wildman–Crippen LogP) is 4.97. The summed E-state index contributed by atoms with van der Waals surface area (Å²) in [6, 6.07) is 17.9. The second-order valence-electron chi connectivity index (χ2n) is 5.85. The summed E-state index contributed by atoms with van der Waals surface area (Å²) in [4.78, 5) is 14.0. The van der Waals surface area contributed by atoms with E-state index in [0.29, 0.717) is 5.75 Å². The first-order chi connectivity index (χ1) is 10.5. The summed E-state index contributed by atoms with van der Waals surface area (Å²) in [6.45, 7) is 7.94. The van der Waals surface area contributed by atoms with Gasteiger partial charge in [0.2, 0.25) is 0 Å². The third-order valence-electron chi connectivity index (χ3n) is 3.49. The highest BCUT2D eigenvalue weighted by Gasteiger charge is 2.21. The number of amides is 1. The van der Waals surface area contributed by atoms with Gasteiger partial charge in [0.05, 0.1) is 0 Å². The molecule has 0 aliphatic heterocycles. The second-order valence-corrected chi connectivity index (χ2v) is 5.85. The fraction of sp³-hybridized carbons (Fsp3) is 0.316. The zero-order chi connectivity index (χ0) is 16.1. The summed E-state index contributed by atoms with van der Waals surface area (Å²) in [5.41, 5.74) is 2.25. The summed E-state index contributed by atoms with van der Waals surface area (Å²) in [5, 5.41) is 0. The van der Waals surface area contributed by atoms with E-state index in [1.54, 1.807) is 4.90 Å². The number of hydrogen-bond donors (Lipinski definition) is 0. The van der Waals surface area contributed by atoms with Crippen molar-refractivity contribution < 1.29 is 9.53 Å². The number of rotatable bonds is 4. The molecule has 0 spiro atoms. The molecule has 0 aliphatic rings. The molecule has 0 unspecified atom stereocenters. The maximum Gasteiger partial charge on any atom is 0.415 e. The smallest absolute Gasteiger partial charge is 0.410 e. The summed E-state index contributed by atoms with van der Waals surface area (Å²) in [5.74, 6) is 0.566. The van der Waals surface area contributed by atoms with Gasteiger partial charge in [-0.15, -0.1) is 0 Å². The van der Waals surface area contributed by atoms with Gasteiger partial charge in [-0.3, -0.25) is 0 Å². The van der Waals surface area contributed by atoms with E-state index in [9.17, 15) is 4.79 Å². The molecule has 3 nitrogen and oxygen atoms in total. The summed E-state index contributed by atoms with van der Waals surface area (Å²) < 4.78 is 5.48. The maximum absolute atomic E-state index is 12.3. The van der Waals surface area contributed by atoms with E-state index in [1.807, 2.05) is 70.2 Å². The molecule has 1 amide bonds. The van der Waals surface area contributed by atoms with E-state index >= 15 is 0 Å². The highest BCUT2D eigenvalue weighted by molar-refractivity contribution is 5.72. The lowest BCUT2D eigenvalue weighted by molar-refractivity contribution is 0.122. The van der Waals surface area contributed by atoms with Gasteiger partial charge in [-0.05, 0) is 51.0 Å². The minimum Gasteiger partial charge on any atom is -0.410 e. The van der Waals surface area contributed by atoms with Crippen LogP contribution in [0.5, 0.6) is 5.75 Å². The van der Waals surface area contributed by atoms with Crippen LogP contribution in [0.3, 0.4) is 0 Å². The molecule has 2 rings (SSSR count). The zero-order valence-electron chi connectivity index (χ0n) is 13.6. The predicted molar refractivity (Wildman–Crippen MR) is 90.0 cm³/mol. The largest absolute Gasteiger partial charge is 0.415 e. The van der Waals surface area contributed by atoms with E-state index < -0.39 is 0 Å². The molecular formula is C19H23NO2. The summed E-state index contributed by atoms with van der Waals surface area (Å²) >= 11 is 0. The van der Waals surface area contributed by atoms with Crippen LogP contribution in [0.2, 0.25) is 0 Å². The Morgan fingerprint density at radius 3 is 1.82 bits per heavy atom. The topological polar surface area (TPSA) is 29.5 Å². The highest BCUT2D eigenvalue weighted by Crippen LogP contribution is 2.22. The molecule has 0 fully saturated rings. The molecule has 0 saturated carbocycles. The Balaban J connectivity index is 2.10. The fourth-order valence-corrected chi connectivity index (χ4v) is 2.52. The molecule has 2 aromatic rings. The number of benzene rings is 2. The molecular weight excluding hydrogens is 274 g/mol. The average molecular weight is 297 g/mol. The molecule has 22 heavy (non-hydrogen) atoms. The molecule has 2 aromatic carbocycles. The third-order valence-corrected chi connectivity index (χ3v) is 3.49. The van der Waals surface area contributed by atoms with Crippen LogP contribution >= 0.6 is 0 Å². The van der Waals surface area contributed by atoms with Crippen LogP contribution in [0, 0.1) is 0 Å². The molecule has 0 bridgehead atoms. The number of carbonyl (C=O) groups excluding carboxylic acids is 1. The minimum absolute atomic E-state index is 0.107. The Morgan fingerprint density at radius 1 is 0.818 bits per heavy atom. The van der Waals surface area contributed by atoms with Gasteiger partial charge in [0, 0.05) is 12.1 Å². The summed E-state index contributed by atoms with van der Waals surface area (Å²) in [6.07, 6.45) is -0.308. The maximum atomic E-state index is 12.3. The van der Waals surface area contributed by atoms with Crippen molar-refractivity contribution in [3.05, 3.63) is 54.6 Å². The number of hydrogen-bond acceptors (Lipinski definition) is 2. The fourth-order valence-electron chi connectivity index (χ4n) is 2.52. The lowest BCUT2D eigenvalue weighted by Gasteiger charge is -2.29. The lowest BCUT2D eigenvalue weighted by Crippen LogP contribution is -2.43. The van der Waals surface area contributed by atoms with Crippen molar-refractivity contribution in [2.45, 2.75) is 39.8 Å². The minimum atomic E-state index is -0.308. The van der Waals surface area contributed by atoms with Crippen LogP contribution in [0.15, 0.2) is 54.6 Å². The third kappa shape index (κ3) is 3.88. The second kappa shape index (κ2) is 7.12. The quantitative estimate of drug-likeness (QED) is 0.797. The van der Waals surface area contributed by atoms with E-state index in [0.717, 1.165) is 11.1 Å². The van der Waals surface area contributed by atoms with Crippen LogP contribution in [-0.2, 0) is 0 Å². The van der Waals surface area contributed by atoms with Crippen LogP contribution in [0.4, 0.5) is 4.79 Å². The lowest BCUT2D eigenvalue weighted by atomic mass is 10.1. The molecule has 0 atom stereocenters. The van der Waals surface area contributed by atoms with Gasteiger partial charge >= 0.3 is 6.09 Å². The van der Waals surface area contributed by atoms with E-state index in [4.69, 9.17) is 4.74 Å². The van der Waals surface area contributed by atoms with E-state index in [2.05, 4.69) is 12.1 Å². The number of carbonyl (C=O) groups is 1. The van der Waals surface area contributed by atoms with Crippen molar-refractivity contribution in [1.82, 2.24) is 4.90 Å². The van der Waals surface area contributed by atoms with E-state index in [1.165, 1.54) is 0 Å². The monoisotopic (exact) mass is 297 g/mol. The van der Waals surface area contributed by atoms with Gasteiger partial charge in [0.25, 0.3) is 0 Å². The molecule has 0 radical (unpaired) electrons. The van der Waals surface area contributed by atoms with E-state index in [-0.39, 0.29) is 18.2 Å². The Bertz CT molecular complexity index is 595. The molecule has 0 N–H and O–H groups in total. The highest BCUT2D eigenvalue weighted by atomic mass is 16.6. The SMILES string of the molecule is CC(C)N(C(=O)Oc1ccc(-c2ccccc2)cc1)C(C)C. The molecule has 0 heterocycles. The van der Waals surface area contributed by atoms with Crippen molar-refractivity contribution in [2.75, 3.05) is 0 Å². The van der Waals surface area contributed by atoms with Gasteiger partial charge < -0.3 is 9.64 Å². The normalized spacial score (nSPS) is 10.8. The first-order valence-corrected chi connectivity index (χ1v) is 7.64. The molecule has 0 aliphatic carbocycles. The van der Waals surface area contributed by atoms with Crippen molar-refractivity contribution in [3.63, 3.8) is 0 Å². The first-order valence-electron chi connectivity index (χ1n) is 7.64. The Labute approximate surface area is 132 Å². The number of nitrogens with zero attached hydrogens (tertiary/aromatic N) is 1. The zero-order valence-corrected chi connectivity index (χ0v) is 13.6. The van der Waals surface area contributed by atoms with Crippen molar-refractivity contribution in [3.8, 4) is 16.9 Å². The van der Waals surface area contributed by atoms with Crippen LogP contribution in [-0.4, -0.2) is 23.1 Å². The standard InChI is InChI=1S/C19H23NO2/c1-14(2)20(15(3)4)19(21)22-18-12-10-17(11-13-18)16-8-6-5-7-9-16/h5-15H,1-4H3. The first kappa shape index (κ1) is 16.1. The van der Waals surface area contributed by atoms with Gasteiger partial charge in [-0.1, -0.05) is 42.5 Å². The van der Waals surface area contributed by atoms with Gasteiger partial charge in [-0.2, -0.15) is 0 Å². The Kier molecular flexibility index (Phi) is 5.21. The van der Waals surface area contributed by atoms with Crippen molar-refractivity contribution in [2.24, 2.45) is 0 Å². The van der Waals surface area contributed by atoms with Gasteiger partial charge in [0.15, 0.2) is 0 Å². The molecule has 3 heteroatoms. The Hall–Kier alpha value is -2.29. The van der Waals surface area contributed by atoms with Gasteiger partial charge in [0.1, 0.15) is 5.75 Å². The van der Waals surface area contributed by atoms with Crippen molar-refractivity contribution >= 4 is 6.09 Å². The average Bonchev–Trinajstić information content (AvgIpc) is 2.48.